The summed E-state index contributed by atoms with van der Waals surface area (Å²) in [6.07, 6.45) is 4.30. The third kappa shape index (κ3) is 4.31. The van der Waals surface area contributed by atoms with Crippen molar-refractivity contribution >= 4 is 66.3 Å². The molecule has 0 bridgehead atoms. The molecule has 164 valence electrons. The summed E-state index contributed by atoms with van der Waals surface area (Å²) in [4.78, 5) is 29.6. The van der Waals surface area contributed by atoms with Gasteiger partial charge in [-0.25, -0.2) is 19.7 Å². The van der Waals surface area contributed by atoms with Gasteiger partial charge in [-0.15, -0.1) is 22.7 Å². The average molecular weight is 466 g/mol. The zero-order valence-corrected chi connectivity index (χ0v) is 19.7. The number of fused-ring (bicyclic) bond motifs is 2. The number of anilines is 2. The summed E-state index contributed by atoms with van der Waals surface area (Å²) in [6, 6.07) is 8.22. The monoisotopic (exact) mass is 465 g/mol. The molecule has 1 aromatic carbocycles. The minimum absolute atomic E-state index is 0.274. The summed E-state index contributed by atoms with van der Waals surface area (Å²) >= 11 is 3.23. The molecule has 0 fully saturated rings. The molecule has 0 unspecified atom stereocenters. The lowest BCUT2D eigenvalue weighted by atomic mass is 10.1. The van der Waals surface area contributed by atoms with Crippen LogP contribution in [-0.4, -0.2) is 44.6 Å². The molecule has 3 aromatic heterocycles. The lowest BCUT2D eigenvalue weighted by Crippen LogP contribution is -2.39. The Morgan fingerprint density at radius 1 is 1.19 bits per heavy atom. The van der Waals surface area contributed by atoms with E-state index in [0.717, 1.165) is 48.8 Å². The van der Waals surface area contributed by atoms with Crippen LogP contribution in [0.5, 0.6) is 0 Å². The van der Waals surface area contributed by atoms with Crippen LogP contribution in [0.1, 0.15) is 32.1 Å². The molecule has 0 aliphatic carbocycles. The van der Waals surface area contributed by atoms with E-state index in [-0.39, 0.29) is 6.09 Å². The third-order valence-corrected chi connectivity index (χ3v) is 6.97. The minimum Gasteiger partial charge on any atom is -0.444 e. The maximum Gasteiger partial charge on any atom is 0.410 e. The second-order valence-electron chi connectivity index (χ2n) is 8.63. The molecule has 0 atom stereocenters. The number of rotatable bonds is 3. The normalized spacial score (nSPS) is 14.6. The van der Waals surface area contributed by atoms with Gasteiger partial charge in [-0.05, 0) is 57.0 Å². The first-order valence-corrected chi connectivity index (χ1v) is 12.1. The summed E-state index contributed by atoms with van der Waals surface area (Å²) in [5, 5.41) is 4.37. The zero-order chi connectivity index (χ0) is 22.3. The minimum atomic E-state index is -0.506. The highest BCUT2D eigenvalue weighted by Crippen LogP contribution is 2.35. The van der Waals surface area contributed by atoms with E-state index in [0.29, 0.717) is 13.1 Å². The van der Waals surface area contributed by atoms with E-state index in [1.165, 1.54) is 0 Å². The van der Waals surface area contributed by atoms with Gasteiger partial charge in [0.05, 0.1) is 27.7 Å². The Labute approximate surface area is 193 Å². The molecular weight excluding hydrogens is 442 g/mol. The predicted octanol–water partition coefficient (Wildman–Crippen LogP) is 6.07. The average Bonchev–Trinajstić information content (AvgIpc) is 3.40. The van der Waals surface area contributed by atoms with Crippen molar-refractivity contribution in [3.63, 3.8) is 0 Å². The molecule has 0 spiro atoms. The SMILES string of the molecule is CC(C)(C)OC(=O)N1CCC=C(c2cc3c(Nc4ccc5scnc5c4)ncnc3s2)C1. The van der Waals surface area contributed by atoms with Gasteiger partial charge in [0.1, 0.15) is 22.6 Å². The van der Waals surface area contributed by atoms with E-state index in [1.807, 2.05) is 38.4 Å². The van der Waals surface area contributed by atoms with Crippen LogP contribution >= 0.6 is 22.7 Å². The standard InChI is InChI=1S/C23H23N5O2S2/c1-23(2,3)30-22(29)28-8-4-5-14(11-28)19-10-16-20(24-12-25-21(16)32-19)27-15-6-7-18-17(9-15)26-13-31-18/h5-7,9-10,12-13H,4,8,11H2,1-3H3,(H,24,25,27). The van der Waals surface area contributed by atoms with Gasteiger partial charge in [0, 0.05) is 17.1 Å². The van der Waals surface area contributed by atoms with Crippen molar-refractivity contribution < 1.29 is 9.53 Å². The van der Waals surface area contributed by atoms with Crippen LogP contribution in [0.25, 0.3) is 26.0 Å². The molecule has 1 aliphatic heterocycles. The molecule has 1 aliphatic rings. The van der Waals surface area contributed by atoms with Crippen molar-refractivity contribution in [3.8, 4) is 0 Å². The molecule has 0 saturated carbocycles. The Kier molecular flexibility index (Phi) is 5.30. The van der Waals surface area contributed by atoms with Crippen LogP contribution < -0.4 is 5.32 Å². The van der Waals surface area contributed by atoms with E-state index in [2.05, 4.69) is 38.5 Å². The van der Waals surface area contributed by atoms with Crippen LogP contribution in [0.3, 0.4) is 0 Å². The molecular formula is C23H23N5O2S2. The van der Waals surface area contributed by atoms with Gasteiger partial charge in [-0.3, -0.25) is 0 Å². The molecule has 1 N–H and O–H groups in total. The van der Waals surface area contributed by atoms with Gasteiger partial charge in [-0.2, -0.15) is 0 Å². The summed E-state index contributed by atoms with van der Waals surface area (Å²) in [5.41, 5.74) is 4.35. The van der Waals surface area contributed by atoms with Crippen molar-refractivity contribution in [2.45, 2.75) is 32.8 Å². The van der Waals surface area contributed by atoms with Crippen molar-refractivity contribution in [2.75, 3.05) is 18.4 Å². The number of carbonyl (C=O) groups is 1. The second kappa shape index (κ2) is 8.14. The number of thiazole rings is 1. The fourth-order valence-corrected chi connectivity index (χ4v) is 5.28. The summed E-state index contributed by atoms with van der Waals surface area (Å²) in [5.74, 6) is 0.757. The topological polar surface area (TPSA) is 80.2 Å². The van der Waals surface area contributed by atoms with Gasteiger partial charge >= 0.3 is 6.09 Å². The molecule has 4 heterocycles. The largest absolute Gasteiger partial charge is 0.444 e. The van der Waals surface area contributed by atoms with Crippen molar-refractivity contribution in [2.24, 2.45) is 0 Å². The van der Waals surface area contributed by atoms with E-state index >= 15 is 0 Å². The molecule has 1 amide bonds. The highest BCUT2D eigenvalue weighted by atomic mass is 32.1. The number of hydrogen-bond acceptors (Lipinski definition) is 8. The predicted molar refractivity (Wildman–Crippen MR) is 131 cm³/mol. The first-order valence-electron chi connectivity index (χ1n) is 10.4. The van der Waals surface area contributed by atoms with Crippen molar-refractivity contribution in [1.82, 2.24) is 19.9 Å². The number of amides is 1. The maximum atomic E-state index is 12.5. The van der Waals surface area contributed by atoms with Crippen LogP contribution in [0.4, 0.5) is 16.3 Å². The second-order valence-corrected chi connectivity index (χ2v) is 10.5. The fraction of sp³-hybridized carbons (Fsp3) is 0.304. The number of benzene rings is 1. The van der Waals surface area contributed by atoms with E-state index < -0.39 is 5.60 Å². The van der Waals surface area contributed by atoms with Crippen LogP contribution in [-0.2, 0) is 4.74 Å². The lowest BCUT2D eigenvalue weighted by Gasteiger charge is -2.30. The smallest absolute Gasteiger partial charge is 0.410 e. The van der Waals surface area contributed by atoms with Gasteiger partial charge in [0.2, 0.25) is 0 Å². The number of thiophene rings is 1. The first-order chi connectivity index (χ1) is 15.4. The van der Waals surface area contributed by atoms with Crippen molar-refractivity contribution in [3.05, 3.63) is 47.1 Å². The Morgan fingerprint density at radius 2 is 2.06 bits per heavy atom. The Balaban J connectivity index is 1.40. The number of carbonyl (C=O) groups excluding carboxylic acids is 1. The number of ether oxygens (including phenoxy) is 1. The van der Waals surface area contributed by atoms with Gasteiger partial charge in [0.15, 0.2) is 0 Å². The number of nitrogens with zero attached hydrogens (tertiary/aromatic N) is 4. The lowest BCUT2D eigenvalue weighted by molar-refractivity contribution is 0.0273. The van der Waals surface area contributed by atoms with E-state index in [1.54, 1.807) is 33.9 Å². The first kappa shape index (κ1) is 20.8. The molecule has 0 radical (unpaired) electrons. The molecule has 4 aromatic rings. The Bertz CT molecular complexity index is 1340. The van der Waals surface area contributed by atoms with Crippen LogP contribution in [0.2, 0.25) is 0 Å². The van der Waals surface area contributed by atoms with Crippen LogP contribution in [0, 0.1) is 0 Å². The highest BCUT2D eigenvalue weighted by Gasteiger charge is 2.25. The highest BCUT2D eigenvalue weighted by molar-refractivity contribution is 7.19. The maximum absolute atomic E-state index is 12.5. The van der Waals surface area contributed by atoms with Gasteiger partial charge in [-0.1, -0.05) is 6.08 Å². The molecule has 7 nitrogen and oxygen atoms in total. The Hall–Kier alpha value is -3.04. The molecule has 9 heteroatoms. The number of aromatic nitrogens is 3. The van der Waals surface area contributed by atoms with Crippen molar-refractivity contribution in [1.29, 1.82) is 0 Å². The Morgan fingerprint density at radius 3 is 2.91 bits per heavy atom. The van der Waals surface area contributed by atoms with Gasteiger partial charge < -0.3 is 15.0 Å². The fourth-order valence-electron chi connectivity index (χ4n) is 3.59. The summed E-state index contributed by atoms with van der Waals surface area (Å²) < 4.78 is 6.71. The zero-order valence-electron chi connectivity index (χ0n) is 18.1. The number of hydrogen-bond donors (Lipinski definition) is 1. The molecule has 32 heavy (non-hydrogen) atoms. The summed E-state index contributed by atoms with van der Waals surface area (Å²) in [7, 11) is 0. The van der Waals surface area contributed by atoms with Crippen LogP contribution in [0.15, 0.2) is 42.2 Å². The van der Waals surface area contributed by atoms with E-state index in [9.17, 15) is 4.79 Å². The summed E-state index contributed by atoms with van der Waals surface area (Å²) in [6.45, 7) is 6.85. The third-order valence-electron chi connectivity index (χ3n) is 5.04. The molecule has 5 rings (SSSR count). The quantitative estimate of drug-likeness (QED) is 0.396. The van der Waals surface area contributed by atoms with E-state index in [4.69, 9.17) is 4.74 Å². The van der Waals surface area contributed by atoms with Gasteiger partial charge in [0.25, 0.3) is 0 Å². The molecule has 0 saturated heterocycles. The number of nitrogens with one attached hydrogen (secondary N) is 1.